The number of rotatable bonds is 5. The number of hydrogen-bond acceptors (Lipinski definition) is 8. The number of ether oxygens (including phenoxy) is 2. The number of nitrogens with zero attached hydrogens (tertiary/aromatic N) is 3. The minimum absolute atomic E-state index is 0.0968. The molecule has 4 aliphatic rings. The third-order valence-corrected chi connectivity index (χ3v) is 9.36. The zero-order chi connectivity index (χ0) is 33.3. The molecule has 4 aliphatic heterocycles. The lowest BCUT2D eigenvalue weighted by molar-refractivity contribution is -0.143. The first-order valence-corrected chi connectivity index (χ1v) is 15.8. The molecule has 8 nitrogen and oxygen atoms in total. The minimum atomic E-state index is -5.01. The summed E-state index contributed by atoms with van der Waals surface area (Å²) in [5.74, 6) is 0.304. The fourth-order valence-corrected chi connectivity index (χ4v) is 6.86. The predicted octanol–water partition coefficient (Wildman–Crippen LogP) is 5.30. The van der Waals surface area contributed by atoms with Crippen molar-refractivity contribution < 1.29 is 35.8 Å². The highest BCUT2D eigenvalue weighted by Gasteiger charge is 2.39. The first-order valence-electron chi connectivity index (χ1n) is 15.8. The van der Waals surface area contributed by atoms with Gasteiger partial charge >= 0.3 is 12.4 Å². The van der Waals surface area contributed by atoms with E-state index in [-0.39, 0.29) is 23.9 Å². The third-order valence-electron chi connectivity index (χ3n) is 9.36. The minimum Gasteiger partial charge on any atom is -0.758 e. The van der Waals surface area contributed by atoms with Crippen LogP contribution in [0, 0.1) is 12.1 Å². The second kappa shape index (κ2) is 13.7. The van der Waals surface area contributed by atoms with Crippen LogP contribution < -0.4 is 10.6 Å². The summed E-state index contributed by atoms with van der Waals surface area (Å²) in [5.41, 5.74) is -1.06. The Kier molecular flexibility index (Phi) is 9.77. The monoisotopic (exact) mass is 666 g/mol. The molecule has 2 unspecified atom stereocenters. The van der Waals surface area contributed by atoms with Crippen LogP contribution in [0.25, 0.3) is 5.70 Å². The lowest BCUT2D eigenvalue weighted by Crippen LogP contribution is -2.53. The molecule has 2 atom stereocenters. The molecule has 0 saturated carbocycles. The van der Waals surface area contributed by atoms with Gasteiger partial charge in [-0.05, 0) is 67.2 Å². The highest BCUT2D eigenvalue weighted by molar-refractivity contribution is 5.68. The Morgan fingerprint density at radius 1 is 0.894 bits per heavy atom. The summed E-state index contributed by atoms with van der Waals surface area (Å²) in [6.07, 6.45) is -7.55. The van der Waals surface area contributed by atoms with Gasteiger partial charge < -0.3 is 25.1 Å². The molecule has 14 heteroatoms. The number of benzene rings is 2. The van der Waals surface area contributed by atoms with Crippen molar-refractivity contribution in [3.63, 3.8) is 0 Å². The van der Waals surface area contributed by atoms with Crippen molar-refractivity contribution in [2.45, 2.75) is 56.9 Å². The molecule has 256 valence electrons. The molecule has 0 spiro atoms. The van der Waals surface area contributed by atoms with Gasteiger partial charge in [0.05, 0.1) is 31.0 Å². The van der Waals surface area contributed by atoms with E-state index in [0.29, 0.717) is 68.2 Å². The van der Waals surface area contributed by atoms with Gasteiger partial charge in [-0.15, -0.1) is 0 Å². The lowest BCUT2D eigenvalue weighted by Gasteiger charge is -2.48. The van der Waals surface area contributed by atoms with E-state index in [1.807, 2.05) is 19.1 Å². The zero-order valence-electron chi connectivity index (χ0n) is 26.0. The van der Waals surface area contributed by atoms with Crippen molar-refractivity contribution in [3.05, 3.63) is 93.0 Å². The molecule has 0 radical (unpaired) electrons. The van der Waals surface area contributed by atoms with Crippen LogP contribution >= 0.6 is 0 Å². The van der Waals surface area contributed by atoms with E-state index >= 15 is 0 Å². The average molecular weight is 667 g/mol. The number of aryl methyl sites for hydroxylation is 1. The molecule has 47 heavy (non-hydrogen) atoms. The summed E-state index contributed by atoms with van der Waals surface area (Å²) in [6, 6.07) is 7.94. The fraction of sp³-hybridized carbons (Fsp3) is 0.515. The van der Waals surface area contributed by atoms with Crippen LogP contribution in [0.2, 0.25) is 0 Å². The molecule has 6 rings (SSSR count). The summed E-state index contributed by atoms with van der Waals surface area (Å²) in [6.45, 7) is 6.92. The molecule has 0 amide bonds. The Labute approximate surface area is 269 Å². The van der Waals surface area contributed by atoms with Gasteiger partial charge in [-0.3, -0.25) is 15.1 Å². The first-order chi connectivity index (χ1) is 22.4. The second-order valence-electron chi connectivity index (χ2n) is 12.4. The molecule has 2 saturated heterocycles. The quantitative estimate of drug-likeness (QED) is 0.417. The largest absolute Gasteiger partial charge is 0.758 e. The van der Waals surface area contributed by atoms with Crippen LogP contribution in [-0.4, -0.2) is 85.8 Å². The standard InChI is InChI=1S/C33H38F6N5O3/c1-21-4-2-3-5-26(21)29-18-30(43-8-6-25(7-9-43)42-10-12-46-13-11-42)47-31-27(19-40-20-41-31)28(44(29)45)16-22-14-23(32(34,35)36)17-24(15-22)33(37,38)39/h2-5,14-15,17-18,25,28,30,40-41H,6-13,16,19-20H2,1H3/q-1/b29-18-. The van der Waals surface area contributed by atoms with Crippen molar-refractivity contribution in [3.8, 4) is 0 Å². The van der Waals surface area contributed by atoms with Gasteiger partial charge in [0.2, 0.25) is 0 Å². The molecule has 2 aromatic rings. The first kappa shape index (κ1) is 33.6. The van der Waals surface area contributed by atoms with E-state index in [2.05, 4.69) is 20.4 Å². The molecule has 2 aromatic carbocycles. The van der Waals surface area contributed by atoms with Crippen molar-refractivity contribution >= 4 is 5.70 Å². The second-order valence-corrected chi connectivity index (χ2v) is 12.4. The van der Waals surface area contributed by atoms with E-state index in [0.717, 1.165) is 36.6 Å². The molecule has 0 aromatic heterocycles. The van der Waals surface area contributed by atoms with Crippen LogP contribution in [-0.2, 0) is 28.2 Å². The number of piperidine rings is 1. The maximum absolute atomic E-state index is 14.6. The third kappa shape index (κ3) is 7.56. The summed E-state index contributed by atoms with van der Waals surface area (Å²) >= 11 is 0. The number of morpholine rings is 1. The molecular weight excluding hydrogens is 628 g/mol. The lowest BCUT2D eigenvalue weighted by atomic mass is 9.93. The number of hydroxylamine groups is 2. The van der Waals surface area contributed by atoms with Crippen molar-refractivity contribution in [1.82, 2.24) is 25.5 Å². The van der Waals surface area contributed by atoms with Gasteiger partial charge in [0, 0.05) is 56.1 Å². The summed E-state index contributed by atoms with van der Waals surface area (Å²) < 4.78 is 94.6. The van der Waals surface area contributed by atoms with Gasteiger partial charge in [-0.2, -0.15) is 26.3 Å². The maximum atomic E-state index is 14.6. The van der Waals surface area contributed by atoms with Crippen LogP contribution in [0.5, 0.6) is 0 Å². The number of nitrogens with one attached hydrogen (secondary N) is 2. The Hall–Kier alpha value is -3.30. The van der Waals surface area contributed by atoms with E-state index in [9.17, 15) is 31.5 Å². The highest BCUT2D eigenvalue weighted by atomic mass is 19.4. The van der Waals surface area contributed by atoms with E-state index in [1.54, 1.807) is 18.2 Å². The maximum Gasteiger partial charge on any atom is 0.416 e. The summed E-state index contributed by atoms with van der Waals surface area (Å²) in [5, 5.41) is 21.6. The van der Waals surface area contributed by atoms with Gasteiger partial charge in [0.1, 0.15) is 0 Å². The molecule has 4 heterocycles. The molecule has 0 bridgehead atoms. The van der Waals surface area contributed by atoms with Crippen molar-refractivity contribution in [2.24, 2.45) is 0 Å². The summed E-state index contributed by atoms with van der Waals surface area (Å²) in [7, 11) is 0. The van der Waals surface area contributed by atoms with E-state index in [4.69, 9.17) is 9.47 Å². The number of halogens is 6. The summed E-state index contributed by atoms with van der Waals surface area (Å²) in [4.78, 5) is 4.62. The SMILES string of the molecule is Cc1ccccc1/C1=C/C(N2CCC(N3CCOCC3)CC2)OC2=C(CNCN2)C(Cc2cc(C(F)(F)F)cc(C(F)(F)F)c2)N1[O-]. The Bertz CT molecular complexity index is 1450. The number of likely N-dealkylation sites (tertiary alicyclic amines) is 1. The molecule has 0 aliphatic carbocycles. The van der Waals surface area contributed by atoms with Crippen LogP contribution in [0.1, 0.15) is 40.7 Å². The smallest absolute Gasteiger partial charge is 0.416 e. The van der Waals surface area contributed by atoms with Gasteiger partial charge in [0.25, 0.3) is 0 Å². The Morgan fingerprint density at radius 3 is 2.19 bits per heavy atom. The van der Waals surface area contributed by atoms with Gasteiger partial charge in [-0.25, -0.2) is 0 Å². The number of alkyl halides is 6. The molecule has 2 N–H and O–H groups in total. The normalized spacial score (nSPS) is 25.3. The predicted molar refractivity (Wildman–Crippen MR) is 163 cm³/mol. The van der Waals surface area contributed by atoms with Crippen LogP contribution in [0.4, 0.5) is 26.3 Å². The Morgan fingerprint density at radius 2 is 1.55 bits per heavy atom. The van der Waals surface area contributed by atoms with Crippen LogP contribution in [0.15, 0.2) is 60.0 Å². The molecule has 2 fully saturated rings. The van der Waals surface area contributed by atoms with Crippen LogP contribution in [0.3, 0.4) is 0 Å². The van der Waals surface area contributed by atoms with E-state index < -0.39 is 42.2 Å². The zero-order valence-corrected chi connectivity index (χ0v) is 26.0. The topological polar surface area (TPSA) is 75.3 Å². The van der Waals surface area contributed by atoms with Crippen molar-refractivity contribution in [1.29, 1.82) is 0 Å². The van der Waals surface area contributed by atoms with Crippen molar-refractivity contribution in [2.75, 3.05) is 52.6 Å². The fourth-order valence-electron chi connectivity index (χ4n) is 6.86. The average Bonchev–Trinajstić information content (AvgIpc) is 3.05. The molecular formula is C33H38F6N5O3-. The van der Waals surface area contributed by atoms with Gasteiger partial charge in [-0.1, -0.05) is 24.3 Å². The highest BCUT2D eigenvalue weighted by Crippen LogP contribution is 2.39. The van der Waals surface area contributed by atoms with Gasteiger partial charge in [0.15, 0.2) is 12.1 Å². The Balaban J connectivity index is 1.38. The van der Waals surface area contributed by atoms with E-state index in [1.165, 1.54) is 0 Å². The number of hydrogen-bond donors (Lipinski definition) is 2.